The summed E-state index contributed by atoms with van der Waals surface area (Å²) in [6.07, 6.45) is 3.29. The second kappa shape index (κ2) is 8.82. The molecule has 0 saturated carbocycles. The lowest BCUT2D eigenvalue weighted by atomic mass is 9.98. The first-order valence-corrected chi connectivity index (χ1v) is 12.7. The SMILES string of the molecule is Cc1ccc(NC(=S)c2c(-c3ccccc3)c3c4n(c(-c5ccc(C)cc5)nn24)CCCC3)cc1. The van der Waals surface area contributed by atoms with Gasteiger partial charge in [0, 0.05) is 28.9 Å². The van der Waals surface area contributed by atoms with E-state index >= 15 is 0 Å². The minimum Gasteiger partial charge on any atom is -0.345 e. The second-order valence-corrected chi connectivity index (χ2v) is 9.83. The summed E-state index contributed by atoms with van der Waals surface area (Å²) in [5.74, 6) is 1.00. The Kier molecular flexibility index (Phi) is 5.50. The molecule has 0 spiro atoms. The summed E-state index contributed by atoms with van der Waals surface area (Å²) in [7, 11) is 0. The number of benzene rings is 3. The predicted molar refractivity (Wildman–Crippen MR) is 148 cm³/mol. The van der Waals surface area contributed by atoms with Crippen LogP contribution in [0.1, 0.15) is 35.2 Å². The maximum atomic E-state index is 6.07. The van der Waals surface area contributed by atoms with Crippen LogP contribution >= 0.6 is 12.2 Å². The van der Waals surface area contributed by atoms with Crippen LogP contribution < -0.4 is 5.32 Å². The van der Waals surface area contributed by atoms with Crippen LogP contribution in [0.5, 0.6) is 0 Å². The monoisotopic (exact) mass is 476 g/mol. The zero-order valence-electron chi connectivity index (χ0n) is 20.1. The van der Waals surface area contributed by atoms with E-state index in [1.54, 1.807) is 0 Å². The molecular weight excluding hydrogens is 448 g/mol. The van der Waals surface area contributed by atoms with Gasteiger partial charge in [0.15, 0.2) is 5.82 Å². The molecule has 0 atom stereocenters. The molecule has 5 aromatic rings. The van der Waals surface area contributed by atoms with Crippen LogP contribution in [-0.4, -0.2) is 19.2 Å². The number of aromatic nitrogens is 3. The molecule has 5 heteroatoms. The first kappa shape index (κ1) is 21.8. The Morgan fingerprint density at radius 3 is 2.23 bits per heavy atom. The number of thiocarbonyl (C=S) groups is 1. The summed E-state index contributed by atoms with van der Waals surface area (Å²) < 4.78 is 4.50. The maximum Gasteiger partial charge on any atom is 0.162 e. The Labute approximate surface area is 211 Å². The molecule has 1 aliphatic heterocycles. The summed E-state index contributed by atoms with van der Waals surface area (Å²) in [6, 6.07) is 27.6. The standard InChI is InChI=1S/C30H28N4S/c1-20-11-15-23(16-12-20)28-32-34-27(29(35)31-24-17-13-21(2)14-18-24)26(22-8-4-3-5-9-22)25-10-6-7-19-33(28)30(25)34/h3-5,8-9,11-18H,6-7,10,19H2,1-2H3,(H,31,35). The van der Waals surface area contributed by atoms with E-state index in [0.717, 1.165) is 48.6 Å². The molecule has 0 radical (unpaired) electrons. The molecule has 0 amide bonds. The summed E-state index contributed by atoms with van der Waals surface area (Å²) in [5.41, 5.74) is 10.4. The second-order valence-electron chi connectivity index (χ2n) is 9.42. The first-order chi connectivity index (χ1) is 17.1. The minimum atomic E-state index is 0.689. The van der Waals surface area contributed by atoms with Crippen LogP contribution in [0.2, 0.25) is 0 Å². The van der Waals surface area contributed by atoms with Crippen LogP contribution in [0.4, 0.5) is 5.69 Å². The fourth-order valence-electron chi connectivity index (χ4n) is 5.11. The van der Waals surface area contributed by atoms with Crippen LogP contribution in [0, 0.1) is 13.8 Å². The van der Waals surface area contributed by atoms with Crippen molar-refractivity contribution in [2.45, 2.75) is 39.7 Å². The Balaban J connectivity index is 1.60. The average molecular weight is 477 g/mol. The number of nitrogens with one attached hydrogen (secondary N) is 1. The van der Waals surface area contributed by atoms with Gasteiger partial charge in [0.1, 0.15) is 16.3 Å². The van der Waals surface area contributed by atoms with Crippen molar-refractivity contribution in [3.63, 3.8) is 0 Å². The highest BCUT2D eigenvalue weighted by Gasteiger charge is 2.29. The van der Waals surface area contributed by atoms with Gasteiger partial charge in [-0.1, -0.05) is 90.1 Å². The van der Waals surface area contributed by atoms with Gasteiger partial charge in [-0.05, 0) is 50.8 Å². The van der Waals surface area contributed by atoms with E-state index in [4.69, 9.17) is 17.3 Å². The molecule has 1 N–H and O–H groups in total. The summed E-state index contributed by atoms with van der Waals surface area (Å²) in [4.78, 5) is 0.689. The Bertz CT molecular complexity index is 1520. The highest BCUT2D eigenvalue weighted by atomic mass is 32.1. The molecule has 6 rings (SSSR count). The Hall–Kier alpha value is -3.70. The Morgan fingerprint density at radius 2 is 1.51 bits per heavy atom. The van der Waals surface area contributed by atoms with Crippen molar-refractivity contribution in [3.05, 3.63) is 101 Å². The first-order valence-electron chi connectivity index (χ1n) is 12.2. The highest BCUT2D eigenvalue weighted by Crippen LogP contribution is 2.38. The molecule has 174 valence electrons. The van der Waals surface area contributed by atoms with Crippen molar-refractivity contribution >= 4 is 28.5 Å². The predicted octanol–water partition coefficient (Wildman–Crippen LogP) is 7.21. The van der Waals surface area contributed by atoms with Crippen molar-refractivity contribution < 1.29 is 0 Å². The van der Waals surface area contributed by atoms with Gasteiger partial charge in [-0.2, -0.15) is 0 Å². The average Bonchev–Trinajstić information content (AvgIpc) is 3.29. The zero-order chi connectivity index (χ0) is 23.9. The van der Waals surface area contributed by atoms with E-state index in [2.05, 4.69) is 107 Å². The normalized spacial score (nSPS) is 13.1. The molecule has 3 aromatic carbocycles. The smallest absolute Gasteiger partial charge is 0.162 e. The van der Waals surface area contributed by atoms with Gasteiger partial charge in [-0.25, -0.2) is 4.52 Å². The molecule has 0 fully saturated rings. The summed E-state index contributed by atoms with van der Waals surface area (Å²) in [6.45, 7) is 5.17. The van der Waals surface area contributed by atoms with Gasteiger partial charge in [0.2, 0.25) is 0 Å². The molecule has 4 nitrogen and oxygen atoms in total. The molecule has 2 aromatic heterocycles. The number of anilines is 1. The molecule has 0 bridgehead atoms. The van der Waals surface area contributed by atoms with E-state index in [1.165, 1.54) is 33.5 Å². The number of nitrogens with zero attached hydrogens (tertiary/aromatic N) is 3. The lowest BCUT2D eigenvalue weighted by Crippen LogP contribution is -2.15. The van der Waals surface area contributed by atoms with Crippen LogP contribution in [0.3, 0.4) is 0 Å². The third-order valence-electron chi connectivity index (χ3n) is 6.88. The van der Waals surface area contributed by atoms with Gasteiger partial charge in [-0.15, -0.1) is 5.10 Å². The topological polar surface area (TPSA) is 34.3 Å². The van der Waals surface area contributed by atoms with E-state index in [0.29, 0.717) is 4.99 Å². The van der Waals surface area contributed by atoms with Crippen molar-refractivity contribution in [3.8, 4) is 22.5 Å². The molecule has 0 saturated heterocycles. The van der Waals surface area contributed by atoms with Gasteiger partial charge in [0.05, 0.1) is 0 Å². The van der Waals surface area contributed by atoms with E-state index in [9.17, 15) is 0 Å². The molecule has 0 aliphatic carbocycles. The largest absolute Gasteiger partial charge is 0.345 e. The van der Waals surface area contributed by atoms with Crippen LogP contribution in [0.25, 0.3) is 28.2 Å². The molecule has 35 heavy (non-hydrogen) atoms. The van der Waals surface area contributed by atoms with Crippen molar-refractivity contribution in [1.82, 2.24) is 14.2 Å². The highest BCUT2D eigenvalue weighted by molar-refractivity contribution is 7.81. The number of hydrogen-bond acceptors (Lipinski definition) is 2. The number of aryl methyl sites for hydroxylation is 4. The van der Waals surface area contributed by atoms with E-state index in [1.807, 2.05) is 0 Å². The van der Waals surface area contributed by atoms with Gasteiger partial charge < -0.3 is 9.88 Å². The molecule has 0 unspecified atom stereocenters. The lowest BCUT2D eigenvalue weighted by Gasteiger charge is -2.12. The third-order valence-corrected chi connectivity index (χ3v) is 7.18. The molecule has 1 aliphatic rings. The van der Waals surface area contributed by atoms with Crippen LogP contribution in [0.15, 0.2) is 78.9 Å². The van der Waals surface area contributed by atoms with Crippen molar-refractivity contribution in [1.29, 1.82) is 0 Å². The van der Waals surface area contributed by atoms with Crippen LogP contribution in [-0.2, 0) is 13.0 Å². The quantitative estimate of drug-likeness (QED) is 0.278. The molecule has 3 heterocycles. The minimum absolute atomic E-state index is 0.689. The zero-order valence-corrected chi connectivity index (χ0v) is 20.9. The lowest BCUT2D eigenvalue weighted by molar-refractivity contribution is 0.645. The number of hydrogen-bond donors (Lipinski definition) is 1. The Morgan fingerprint density at radius 1 is 0.829 bits per heavy atom. The summed E-state index contributed by atoms with van der Waals surface area (Å²) >= 11 is 6.07. The van der Waals surface area contributed by atoms with Gasteiger partial charge in [0.25, 0.3) is 0 Å². The van der Waals surface area contributed by atoms with E-state index in [-0.39, 0.29) is 0 Å². The third kappa shape index (κ3) is 3.86. The van der Waals surface area contributed by atoms with Gasteiger partial charge in [-0.3, -0.25) is 0 Å². The van der Waals surface area contributed by atoms with Crippen molar-refractivity contribution in [2.24, 2.45) is 0 Å². The van der Waals surface area contributed by atoms with E-state index < -0.39 is 0 Å². The van der Waals surface area contributed by atoms with Crippen molar-refractivity contribution in [2.75, 3.05) is 5.32 Å². The molecular formula is C30H28N4S. The summed E-state index contributed by atoms with van der Waals surface area (Å²) in [5, 5.41) is 8.70. The fourth-order valence-corrected chi connectivity index (χ4v) is 5.41. The fraction of sp³-hybridized carbons (Fsp3) is 0.200. The van der Waals surface area contributed by atoms with Gasteiger partial charge >= 0.3 is 0 Å². The maximum absolute atomic E-state index is 6.07. The number of rotatable bonds is 4.